The van der Waals surface area contributed by atoms with Crippen molar-refractivity contribution < 1.29 is 4.79 Å². The first-order valence-corrected chi connectivity index (χ1v) is 6.15. The predicted molar refractivity (Wildman–Crippen MR) is 71.2 cm³/mol. The van der Waals surface area contributed by atoms with Gasteiger partial charge in [0.25, 0.3) is 0 Å². The van der Waals surface area contributed by atoms with E-state index in [4.69, 9.17) is 28.9 Å². The molecule has 0 heterocycles. The van der Waals surface area contributed by atoms with Crippen molar-refractivity contribution >= 4 is 29.1 Å². The van der Waals surface area contributed by atoms with Crippen molar-refractivity contribution in [3.05, 3.63) is 33.8 Å². The summed E-state index contributed by atoms with van der Waals surface area (Å²) in [7, 11) is 0. The molecule has 5 heteroatoms. The molecule has 3 N–H and O–H groups in total. The molecular weight excluding hydrogens is 259 g/mol. The summed E-state index contributed by atoms with van der Waals surface area (Å²) in [6.07, 6.45) is 0. The van der Waals surface area contributed by atoms with Crippen LogP contribution in [0.15, 0.2) is 18.2 Å². The molecule has 3 nitrogen and oxygen atoms in total. The summed E-state index contributed by atoms with van der Waals surface area (Å²) in [5.41, 5.74) is 6.03. The van der Waals surface area contributed by atoms with Gasteiger partial charge in [-0.15, -0.1) is 0 Å². The highest BCUT2D eigenvalue weighted by atomic mass is 35.5. The fourth-order valence-corrected chi connectivity index (χ4v) is 1.97. The Bertz CT molecular complexity index is 407. The minimum Gasteiger partial charge on any atom is -0.368 e. The van der Waals surface area contributed by atoms with Gasteiger partial charge in [-0.3, -0.25) is 4.79 Å². The van der Waals surface area contributed by atoms with Crippen LogP contribution in [0.2, 0.25) is 10.0 Å². The predicted octanol–water partition coefficient (Wildman–Crippen LogP) is 2.77. The van der Waals surface area contributed by atoms with E-state index in [0.29, 0.717) is 28.1 Å². The van der Waals surface area contributed by atoms with Crippen LogP contribution in [0.5, 0.6) is 0 Å². The molecule has 0 aliphatic carbocycles. The maximum atomic E-state index is 11.4. The standard InChI is InChI=1S/C12H16Cl2N2O/c1-7(2)6-16-11(12(15)17)9-4-3-8(13)5-10(9)14/h3-5,7,11,16H,6H2,1-2H3,(H2,15,17). The number of hydrogen-bond donors (Lipinski definition) is 2. The van der Waals surface area contributed by atoms with E-state index < -0.39 is 11.9 Å². The molecule has 1 amide bonds. The van der Waals surface area contributed by atoms with E-state index in [1.807, 2.05) is 0 Å². The zero-order chi connectivity index (χ0) is 13.0. The molecule has 94 valence electrons. The lowest BCUT2D eigenvalue weighted by molar-refractivity contribution is -0.120. The number of carbonyl (C=O) groups is 1. The Hall–Kier alpha value is -0.770. The minimum absolute atomic E-state index is 0.419. The van der Waals surface area contributed by atoms with E-state index in [1.54, 1.807) is 18.2 Å². The van der Waals surface area contributed by atoms with Crippen molar-refractivity contribution in [2.45, 2.75) is 19.9 Å². The molecule has 1 unspecified atom stereocenters. The molecule has 0 saturated carbocycles. The molecule has 1 atom stereocenters. The summed E-state index contributed by atoms with van der Waals surface area (Å²) in [5.74, 6) is -0.0298. The summed E-state index contributed by atoms with van der Waals surface area (Å²) in [4.78, 5) is 11.4. The largest absolute Gasteiger partial charge is 0.368 e. The Morgan fingerprint density at radius 2 is 2.06 bits per heavy atom. The first-order chi connectivity index (χ1) is 7.91. The van der Waals surface area contributed by atoms with Crippen molar-refractivity contribution in [3.63, 3.8) is 0 Å². The summed E-state index contributed by atoms with van der Waals surface area (Å²) in [6, 6.07) is 4.43. The Morgan fingerprint density at radius 1 is 1.41 bits per heavy atom. The van der Waals surface area contributed by atoms with E-state index >= 15 is 0 Å². The maximum absolute atomic E-state index is 11.4. The maximum Gasteiger partial charge on any atom is 0.239 e. The smallest absolute Gasteiger partial charge is 0.239 e. The lowest BCUT2D eigenvalue weighted by Crippen LogP contribution is -2.35. The van der Waals surface area contributed by atoms with E-state index in [-0.39, 0.29) is 0 Å². The molecule has 1 aromatic rings. The van der Waals surface area contributed by atoms with Gasteiger partial charge in [0.1, 0.15) is 6.04 Å². The van der Waals surface area contributed by atoms with Crippen molar-refractivity contribution in [1.29, 1.82) is 0 Å². The lowest BCUT2D eigenvalue weighted by atomic mass is 10.1. The summed E-state index contributed by atoms with van der Waals surface area (Å²) in [6.45, 7) is 4.79. The van der Waals surface area contributed by atoms with Gasteiger partial charge in [0.05, 0.1) is 0 Å². The Morgan fingerprint density at radius 3 is 2.53 bits per heavy atom. The number of carbonyl (C=O) groups excluding carboxylic acids is 1. The lowest BCUT2D eigenvalue weighted by Gasteiger charge is -2.18. The normalized spacial score (nSPS) is 12.8. The molecule has 1 aromatic carbocycles. The molecule has 1 rings (SSSR count). The second-order valence-corrected chi connectivity index (χ2v) is 5.15. The van der Waals surface area contributed by atoms with Gasteiger partial charge < -0.3 is 11.1 Å². The monoisotopic (exact) mass is 274 g/mol. The Labute approximate surface area is 111 Å². The highest BCUT2D eigenvalue weighted by molar-refractivity contribution is 6.35. The van der Waals surface area contributed by atoms with E-state index in [1.165, 1.54) is 0 Å². The van der Waals surface area contributed by atoms with Crippen LogP contribution in [-0.4, -0.2) is 12.5 Å². The second-order valence-electron chi connectivity index (χ2n) is 4.30. The van der Waals surface area contributed by atoms with Gasteiger partial charge in [0, 0.05) is 10.0 Å². The van der Waals surface area contributed by atoms with Gasteiger partial charge in [0.2, 0.25) is 5.91 Å². The van der Waals surface area contributed by atoms with Crippen LogP contribution in [-0.2, 0) is 4.79 Å². The van der Waals surface area contributed by atoms with Crippen molar-refractivity contribution in [2.75, 3.05) is 6.54 Å². The number of nitrogens with one attached hydrogen (secondary N) is 1. The third-order valence-electron chi connectivity index (χ3n) is 2.29. The van der Waals surface area contributed by atoms with E-state index in [9.17, 15) is 4.79 Å². The van der Waals surface area contributed by atoms with Gasteiger partial charge in [-0.2, -0.15) is 0 Å². The summed E-state index contributed by atoms with van der Waals surface area (Å²) >= 11 is 11.9. The highest BCUT2D eigenvalue weighted by Gasteiger charge is 2.20. The molecule has 17 heavy (non-hydrogen) atoms. The van der Waals surface area contributed by atoms with Crippen LogP contribution in [0.1, 0.15) is 25.5 Å². The molecule has 0 radical (unpaired) electrons. The number of primary amides is 1. The van der Waals surface area contributed by atoms with Crippen LogP contribution in [0, 0.1) is 5.92 Å². The number of nitrogens with two attached hydrogens (primary N) is 1. The highest BCUT2D eigenvalue weighted by Crippen LogP contribution is 2.26. The van der Waals surface area contributed by atoms with Crippen LogP contribution in [0.3, 0.4) is 0 Å². The number of hydrogen-bond acceptors (Lipinski definition) is 2. The topological polar surface area (TPSA) is 55.1 Å². The summed E-state index contributed by atoms with van der Waals surface area (Å²) in [5, 5.41) is 4.07. The third-order valence-corrected chi connectivity index (χ3v) is 2.85. The van der Waals surface area contributed by atoms with Crippen molar-refractivity contribution in [2.24, 2.45) is 11.7 Å². The molecular formula is C12H16Cl2N2O. The van der Waals surface area contributed by atoms with Crippen LogP contribution >= 0.6 is 23.2 Å². The minimum atomic E-state index is -0.581. The molecule has 0 aliphatic heterocycles. The fraction of sp³-hybridized carbons (Fsp3) is 0.417. The van der Waals surface area contributed by atoms with Gasteiger partial charge in [0.15, 0.2) is 0 Å². The van der Waals surface area contributed by atoms with Gasteiger partial charge in [-0.1, -0.05) is 43.1 Å². The number of halogens is 2. The average molecular weight is 275 g/mol. The van der Waals surface area contributed by atoms with E-state index in [0.717, 1.165) is 0 Å². The molecule has 0 spiro atoms. The molecule has 0 saturated heterocycles. The van der Waals surface area contributed by atoms with Crippen molar-refractivity contribution in [1.82, 2.24) is 5.32 Å². The molecule has 0 aliphatic rings. The molecule has 0 fully saturated rings. The van der Waals surface area contributed by atoms with E-state index in [2.05, 4.69) is 19.2 Å². The van der Waals surface area contributed by atoms with Gasteiger partial charge in [-0.25, -0.2) is 0 Å². The number of rotatable bonds is 5. The first kappa shape index (κ1) is 14.3. The summed E-state index contributed by atoms with van der Waals surface area (Å²) < 4.78 is 0. The van der Waals surface area contributed by atoms with Gasteiger partial charge >= 0.3 is 0 Å². The van der Waals surface area contributed by atoms with Crippen LogP contribution in [0.4, 0.5) is 0 Å². The number of amides is 1. The fourth-order valence-electron chi connectivity index (χ4n) is 1.45. The number of benzene rings is 1. The zero-order valence-electron chi connectivity index (χ0n) is 9.84. The zero-order valence-corrected chi connectivity index (χ0v) is 11.3. The average Bonchev–Trinajstić information content (AvgIpc) is 2.20. The van der Waals surface area contributed by atoms with Crippen LogP contribution in [0.25, 0.3) is 0 Å². The molecule has 0 bridgehead atoms. The van der Waals surface area contributed by atoms with Crippen LogP contribution < -0.4 is 11.1 Å². The Balaban J connectivity index is 2.93. The quantitative estimate of drug-likeness (QED) is 0.868. The molecule has 0 aromatic heterocycles. The third kappa shape index (κ3) is 4.19. The second kappa shape index (κ2) is 6.24. The Kier molecular flexibility index (Phi) is 5.25. The first-order valence-electron chi connectivity index (χ1n) is 5.39. The van der Waals surface area contributed by atoms with Crippen molar-refractivity contribution in [3.8, 4) is 0 Å². The SMILES string of the molecule is CC(C)CNC(C(N)=O)c1ccc(Cl)cc1Cl. The van der Waals surface area contributed by atoms with Gasteiger partial charge in [-0.05, 0) is 30.2 Å².